The van der Waals surface area contributed by atoms with Crippen molar-refractivity contribution >= 4 is 40.2 Å². The van der Waals surface area contributed by atoms with Gasteiger partial charge in [-0.3, -0.25) is 4.98 Å². The van der Waals surface area contributed by atoms with Crippen molar-refractivity contribution in [1.29, 1.82) is 0 Å². The van der Waals surface area contributed by atoms with Crippen LogP contribution in [0.15, 0.2) is 72.2 Å². The average molecular weight is 692 g/mol. The van der Waals surface area contributed by atoms with Gasteiger partial charge in [0.15, 0.2) is 0 Å². The summed E-state index contributed by atoms with van der Waals surface area (Å²) in [5.74, 6) is -4.34. The maximum atomic E-state index is 14.8. The zero-order valence-electron chi connectivity index (χ0n) is 19.9. The molecule has 1 unspecified atom stereocenters. The summed E-state index contributed by atoms with van der Waals surface area (Å²) in [7, 11) is 0. The van der Waals surface area contributed by atoms with Crippen LogP contribution in [0, 0.1) is 0 Å². The number of amides is 2. The third-order valence-corrected chi connectivity index (χ3v) is 7.04. The first-order chi connectivity index (χ1) is 18.3. The molecule has 1 aliphatic carbocycles. The Balaban J connectivity index is 2.11. The van der Waals surface area contributed by atoms with Crippen molar-refractivity contribution in [2.75, 3.05) is 11.0 Å². The number of halogens is 9. The fourth-order valence-corrected chi connectivity index (χ4v) is 4.32. The minimum atomic E-state index is -4.89. The van der Waals surface area contributed by atoms with E-state index in [1.54, 1.807) is 30.3 Å². The number of aromatic nitrogens is 1. The topological polar surface area (TPSA) is 63.2 Å². The molecule has 0 fully saturated rings. The van der Waals surface area contributed by atoms with Gasteiger partial charge in [0.25, 0.3) is 5.92 Å². The molecule has 0 bridgehead atoms. The first kappa shape index (κ1) is 31.1. The van der Waals surface area contributed by atoms with Gasteiger partial charge in [-0.05, 0) is 35.4 Å². The number of hydrogen-bond donors (Lipinski definition) is 2. The quantitative estimate of drug-likeness (QED) is 0.152. The first-order valence-electron chi connectivity index (χ1n) is 11.3. The number of ether oxygens (including phenoxy) is 1. The highest BCUT2D eigenvalue weighted by Gasteiger charge is 2.47. The summed E-state index contributed by atoms with van der Waals surface area (Å²) < 4.78 is 99.2. The monoisotopic (exact) mass is 691 g/mol. The van der Waals surface area contributed by atoms with E-state index in [9.17, 15) is 35.5 Å². The number of allylic oxidation sites excluding steroid dienone is 2. The zero-order chi connectivity index (χ0) is 28.8. The number of nitrogens with zero attached hydrogens (tertiary/aromatic N) is 1. The highest BCUT2D eigenvalue weighted by molar-refractivity contribution is 14.1. The number of carbonyl (C=O) groups is 1. The zero-order valence-corrected chi connectivity index (χ0v) is 22.8. The highest BCUT2D eigenvalue weighted by Crippen LogP contribution is 2.40. The molecule has 1 aromatic carbocycles. The van der Waals surface area contributed by atoms with Crippen molar-refractivity contribution in [3.05, 3.63) is 88.5 Å². The number of nitrogens with one attached hydrogen (secondary N) is 2. The van der Waals surface area contributed by atoms with Crippen LogP contribution in [0.3, 0.4) is 0 Å². The third kappa shape index (κ3) is 8.30. The molecule has 0 saturated carbocycles. The van der Waals surface area contributed by atoms with Crippen LogP contribution in [0.4, 0.5) is 35.5 Å². The smallest absolute Gasteiger partial charge is 0.332 e. The van der Waals surface area contributed by atoms with Crippen LogP contribution in [0.2, 0.25) is 5.02 Å². The summed E-state index contributed by atoms with van der Waals surface area (Å²) in [4.78, 5) is 17.2. The summed E-state index contributed by atoms with van der Waals surface area (Å²) in [6, 6.07) is 10.0. The predicted octanol–water partition coefficient (Wildman–Crippen LogP) is 6.97. The Hall–Kier alpha value is -2.39. The van der Waals surface area contributed by atoms with Gasteiger partial charge in [-0.25, -0.2) is 26.7 Å². The van der Waals surface area contributed by atoms with E-state index in [1.165, 1.54) is 40.9 Å². The molecule has 212 valence electrons. The Morgan fingerprint density at radius 1 is 1.15 bits per heavy atom. The Bertz CT molecular complexity index is 1200. The van der Waals surface area contributed by atoms with E-state index >= 15 is 0 Å². The van der Waals surface area contributed by atoms with Crippen molar-refractivity contribution in [2.45, 2.75) is 42.9 Å². The number of pyridine rings is 1. The van der Waals surface area contributed by atoms with Gasteiger partial charge in [0.1, 0.15) is 11.4 Å². The molecule has 1 aliphatic rings. The molecule has 2 atom stereocenters. The van der Waals surface area contributed by atoms with Gasteiger partial charge < -0.3 is 15.4 Å². The number of carbonyl (C=O) groups excluding carboxylic acids is 1. The van der Waals surface area contributed by atoms with Crippen LogP contribution in [0.1, 0.15) is 17.7 Å². The van der Waals surface area contributed by atoms with Crippen molar-refractivity contribution in [1.82, 2.24) is 15.6 Å². The second-order valence-electron chi connectivity index (χ2n) is 8.67. The Morgan fingerprint density at radius 3 is 2.44 bits per heavy atom. The van der Waals surface area contributed by atoms with Crippen LogP contribution >= 0.6 is 34.2 Å². The van der Waals surface area contributed by atoms with Crippen molar-refractivity contribution in [2.24, 2.45) is 0 Å². The highest BCUT2D eigenvalue weighted by atomic mass is 127. The molecule has 2 aromatic rings. The van der Waals surface area contributed by atoms with E-state index < -0.39 is 59.4 Å². The maximum absolute atomic E-state index is 14.8. The number of benzene rings is 1. The summed E-state index contributed by atoms with van der Waals surface area (Å²) in [6.07, 6.45) is -8.91. The Labute approximate surface area is 238 Å². The van der Waals surface area contributed by atoms with E-state index in [-0.39, 0.29) is 22.7 Å². The molecule has 14 heteroatoms. The summed E-state index contributed by atoms with van der Waals surface area (Å²) in [5, 5.41) is 4.82. The van der Waals surface area contributed by atoms with E-state index in [2.05, 4.69) is 20.4 Å². The molecular formula is C25H22ClF7IN3O2. The maximum Gasteiger partial charge on any atom is 0.417 e. The average Bonchev–Trinajstić information content (AvgIpc) is 2.87. The van der Waals surface area contributed by atoms with Crippen molar-refractivity contribution < 1.29 is 40.3 Å². The lowest BCUT2D eigenvalue weighted by molar-refractivity contribution is -0.312. The normalized spacial score (nSPS) is 17.7. The van der Waals surface area contributed by atoms with Gasteiger partial charge in [-0.2, -0.15) is 8.78 Å². The van der Waals surface area contributed by atoms with Gasteiger partial charge >= 0.3 is 18.6 Å². The fraction of sp³-hybridized carbons (Fsp3) is 0.360. The molecule has 1 aromatic heterocycles. The SMILES string of the molecule is O=C(NCC(F)(F)CI)N[C@@](Cc1ccccc1)(C1=CC(F)=CC(OC(F)(F)C(F)F)C1)c1ccc(Cl)cn1. The predicted molar refractivity (Wildman–Crippen MR) is 139 cm³/mol. The molecule has 5 nitrogen and oxygen atoms in total. The molecule has 1 heterocycles. The summed E-state index contributed by atoms with van der Waals surface area (Å²) >= 11 is 7.43. The van der Waals surface area contributed by atoms with E-state index in [0.29, 0.717) is 11.6 Å². The lowest BCUT2D eigenvalue weighted by atomic mass is 9.76. The lowest BCUT2D eigenvalue weighted by Gasteiger charge is -2.39. The fourth-order valence-electron chi connectivity index (χ4n) is 3.94. The lowest BCUT2D eigenvalue weighted by Crippen LogP contribution is -2.55. The molecular weight excluding hydrogens is 670 g/mol. The van der Waals surface area contributed by atoms with E-state index in [4.69, 9.17) is 11.6 Å². The van der Waals surface area contributed by atoms with Crippen LogP contribution in [0.5, 0.6) is 0 Å². The molecule has 2 N–H and O–H groups in total. The molecule has 2 amide bonds. The van der Waals surface area contributed by atoms with E-state index in [0.717, 1.165) is 6.08 Å². The van der Waals surface area contributed by atoms with Gasteiger partial charge in [-0.1, -0.05) is 64.5 Å². The van der Waals surface area contributed by atoms with Gasteiger partial charge in [0.2, 0.25) is 0 Å². The minimum absolute atomic E-state index is 0.0480. The standard InChI is InChI=1S/C25H22ClF7IN3O2/c26-17-6-7-20(35-12-17)24(11-15-4-2-1-3-5-15,37-22(38)36-14-23(30,31)13-34)16-8-18(27)10-19(9-16)39-25(32,33)21(28)29/h1-8,10,12,19,21H,9,11,13-14H2,(H2,36,37,38)/t19?,24-/m0/s1. The molecule has 0 aliphatic heterocycles. The second-order valence-corrected chi connectivity index (χ2v) is 9.87. The molecule has 0 spiro atoms. The van der Waals surface area contributed by atoms with E-state index in [1.807, 2.05) is 0 Å². The number of rotatable bonds is 11. The van der Waals surface area contributed by atoms with Crippen LogP contribution < -0.4 is 10.6 Å². The molecule has 0 saturated heterocycles. The molecule has 0 radical (unpaired) electrons. The van der Waals surface area contributed by atoms with Crippen LogP contribution in [-0.2, 0) is 16.7 Å². The van der Waals surface area contributed by atoms with Crippen molar-refractivity contribution in [3.8, 4) is 0 Å². The Morgan fingerprint density at radius 2 is 1.85 bits per heavy atom. The van der Waals surface area contributed by atoms with Gasteiger partial charge in [0.05, 0.1) is 27.8 Å². The number of hydrogen-bond acceptors (Lipinski definition) is 3. The number of urea groups is 1. The summed E-state index contributed by atoms with van der Waals surface area (Å²) in [5.41, 5.74) is -1.32. The van der Waals surface area contributed by atoms with Crippen molar-refractivity contribution in [3.63, 3.8) is 0 Å². The van der Waals surface area contributed by atoms with Gasteiger partial charge in [-0.15, -0.1) is 0 Å². The third-order valence-electron chi connectivity index (χ3n) is 5.70. The second kappa shape index (κ2) is 12.9. The van der Waals surface area contributed by atoms with Crippen LogP contribution in [0.25, 0.3) is 0 Å². The molecule has 3 rings (SSSR count). The van der Waals surface area contributed by atoms with Gasteiger partial charge in [0, 0.05) is 19.0 Å². The largest absolute Gasteiger partial charge is 0.417 e. The van der Waals surface area contributed by atoms with Crippen LogP contribution in [-0.4, -0.2) is 46.5 Å². The summed E-state index contributed by atoms with van der Waals surface area (Å²) in [6.45, 7) is -1.03. The molecule has 39 heavy (non-hydrogen) atoms. The Kier molecular flexibility index (Phi) is 10.3. The first-order valence-corrected chi connectivity index (χ1v) is 13.2. The number of alkyl halides is 7. The minimum Gasteiger partial charge on any atom is -0.332 e.